The van der Waals surface area contributed by atoms with E-state index in [1.165, 1.54) is 12.1 Å². The number of urea groups is 1. The van der Waals surface area contributed by atoms with E-state index in [9.17, 15) is 13.6 Å². The number of halogens is 2. The molecule has 1 aromatic rings. The first-order valence-corrected chi connectivity index (χ1v) is 6.25. The van der Waals surface area contributed by atoms with Crippen molar-refractivity contribution in [2.75, 3.05) is 13.1 Å². The highest BCUT2D eigenvalue weighted by atomic mass is 19.1. The lowest BCUT2D eigenvalue weighted by molar-refractivity contribution is 0.199. The summed E-state index contributed by atoms with van der Waals surface area (Å²) in [6, 6.07) is 2.69. The maximum Gasteiger partial charge on any atom is 0.318 e. The van der Waals surface area contributed by atoms with Gasteiger partial charge in [0.25, 0.3) is 0 Å². The summed E-state index contributed by atoms with van der Waals surface area (Å²) in [6.45, 7) is 2.75. The molecule has 1 saturated heterocycles. The van der Waals surface area contributed by atoms with Crippen molar-refractivity contribution in [3.05, 3.63) is 35.4 Å². The first-order chi connectivity index (χ1) is 9.02. The third-order valence-corrected chi connectivity index (χ3v) is 3.39. The lowest BCUT2D eigenvalue weighted by Gasteiger charge is -2.22. The predicted molar refractivity (Wildman–Crippen MR) is 67.5 cm³/mol. The van der Waals surface area contributed by atoms with Crippen LogP contribution in [0.3, 0.4) is 0 Å². The molecule has 2 unspecified atom stereocenters. The quantitative estimate of drug-likeness (QED) is 0.875. The van der Waals surface area contributed by atoms with Crippen LogP contribution in [-0.4, -0.2) is 30.1 Å². The van der Waals surface area contributed by atoms with Crippen molar-refractivity contribution >= 4 is 6.03 Å². The smallest absolute Gasteiger partial charge is 0.318 e. The summed E-state index contributed by atoms with van der Waals surface area (Å²) in [5.74, 6) is -1.27. The Balaban J connectivity index is 2.14. The van der Waals surface area contributed by atoms with Gasteiger partial charge in [0.05, 0.1) is 6.04 Å². The maximum atomic E-state index is 13.7. The Kier molecular flexibility index (Phi) is 3.99. The van der Waals surface area contributed by atoms with E-state index >= 15 is 0 Å². The van der Waals surface area contributed by atoms with Gasteiger partial charge >= 0.3 is 6.03 Å². The second-order valence-corrected chi connectivity index (χ2v) is 4.75. The SMILES string of the molecule is CC(CCN)N1CC(c2ccc(F)cc2F)NC1=O. The third-order valence-electron chi connectivity index (χ3n) is 3.39. The van der Waals surface area contributed by atoms with Gasteiger partial charge in [0, 0.05) is 24.2 Å². The summed E-state index contributed by atoms with van der Waals surface area (Å²) >= 11 is 0. The molecule has 4 nitrogen and oxygen atoms in total. The summed E-state index contributed by atoms with van der Waals surface area (Å²) in [4.78, 5) is 13.5. The van der Waals surface area contributed by atoms with Crippen molar-refractivity contribution in [1.29, 1.82) is 0 Å². The van der Waals surface area contributed by atoms with Crippen LogP contribution in [0.15, 0.2) is 18.2 Å². The Hall–Kier alpha value is -1.69. The monoisotopic (exact) mass is 269 g/mol. The summed E-state index contributed by atoms with van der Waals surface area (Å²) in [6.07, 6.45) is 0.687. The number of rotatable bonds is 4. The molecule has 0 radical (unpaired) electrons. The summed E-state index contributed by atoms with van der Waals surface area (Å²) < 4.78 is 26.5. The van der Waals surface area contributed by atoms with Gasteiger partial charge in [-0.3, -0.25) is 0 Å². The van der Waals surface area contributed by atoms with E-state index in [1.807, 2.05) is 6.92 Å². The molecule has 0 saturated carbocycles. The van der Waals surface area contributed by atoms with Crippen LogP contribution in [0.2, 0.25) is 0 Å². The van der Waals surface area contributed by atoms with Crippen LogP contribution in [0.25, 0.3) is 0 Å². The van der Waals surface area contributed by atoms with E-state index in [0.717, 1.165) is 6.07 Å². The molecule has 1 fully saturated rings. The van der Waals surface area contributed by atoms with E-state index in [-0.39, 0.29) is 12.1 Å². The molecule has 2 atom stereocenters. The van der Waals surface area contributed by atoms with Crippen molar-refractivity contribution in [2.45, 2.75) is 25.4 Å². The average molecular weight is 269 g/mol. The molecule has 0 bridgehead atoms. The summed E-state index contributed by atoms with van der Waals surface area (Å²) in [5.41, 5.74) is 5.77. The number of hydrogen-bond acceptors (Lipinski definition) is 2. The number of hydrogen-bond donors (Lipinski definition) is 2. The van der Waals surface area contributed by atoms with Gasteiger partial charge in [-0.25, -0.2) is 13.6 Å². The lowest BCUT2D eigenvalue weighted by Crippen LogP contribution is -2.37. The zero-order chi connectivity index (χ0) is 14.0. The normalized spacial score (nSPS) is 20.5. The third kappa shape index (κ3) is 2.84. The molecule has 6 heteroatoms. The average Bonchev–Trinajstić information content (AvgIpc) is 2.71. The molecule has 104 valence electrons. The second kappa shape index (κ2) is 5.52. The van der Waals surface area contributed by atoms with Crippen molar-refractivity contribution in [1.82, 2.24) is 10.2 Å². The van der Waals surface area contributed by atoms with Gasteiger partial charge in [0.1, 0.15) is 11.6 Å². The van der Waals surface area contributed by atoms with Crippen LogP contribution >= 0.6 is 0 Å². The van der Waals surface area contributed by atoms with Gasteiger partial charge in [-0.1, -0.05) is 6.07 Å². The number of carbonyl (C=O) groups is 1. The minimum atomic E-state index is -0.640. The first kappa shape index (κ1) is 13.7. The fourth-order valence-electron chi connectivity index (χ4n) is 2.29. The minimum Gasteiger partial charge on any atom is -0.330 e. The molecule has 2 amide bonds. The van der Waals surface area contributed by atoms with Gasteiger partial charge in [-0.05, 0) is 26.0 Å². The van der Waals surface area contributed by atoms with Gasteiger partial charge in [0.2, 0.25) is 0 Å². The van der Waals surface area contributed by atoms with E-state index in [0.29, 0.717) is 25.1 Å². The minimum absolute atomic E-state index is 0.00138. The topological polar surface area (TPSA) is 58.4 Å². The zero-order valence-electron chi connectivity index (χ0n) is 10.7. The van der Waals surface area contributed by atoms with Gasteiger partial charge in [0.15, 0.2) is 0 Å². The molecule has 1 heterocycles. The standard InChI is InChI=1S/C13H17F2N3O/c1-8(4-5-16)18-7-12(17-13(18)19)10-3-2-9(14)6-11(10)15/h2-3,6,8,12H,4-5,7,16H2,1H3,(H,17,19). The maximum absolute atomic E-state index is 13.7. The molecule has 1 aliphatic rings. The van der Waals surface area contributed by atoms with Crippen molar-refractivity contribution < 1.29 is 13.6 Å². The van der Waals surface area contributed by atoms with Gasteiger partial charge in [-0.2, -0.15) is 0 Å². The van der Waals surface area contributed by atoms with Crippen LogP contribution in [0.1, 0.15) is 24.9 Å². The van der Waals surface area contributed by atoms with Crippen LogP contribution in [0.4, 0.5) is 13.6 Å². The Bertz CT molecular complexity index is 481. The van der Waals surface area contributed by atoms with Crippen molar-refractivity contribution in [3.63, 3.8) is 0 Å². The highest BCUT2D eigenvalue weighted by Crippen LogP contribution is 2.25. The molecule has 3 N–H and O–H groups in total. The number of amides is 2. The molecular formula is C13H17F2N3O. The van der Waals surface area contributed by atoms with E-state index in [1.54, 1.807) is 4.90 Å². The van der Waals surface area contributed by atoms with Crippen molar-refractivity contribution in [2.24, 2.45) is 5.73 Å². The molecule has 0 aromatic heterocycles. The van der Waals surface area contributed by atoms with E-state index in [4.69, 9.17) is 5.73 Å². The Morgan fingerprint density at radius 2 is 2.26 bits per heavy atom. The summed E-state index contributed by atoms with van der Waals surface area (Å²) in [5, 5.41) is 2.70. The summed E-state index contributed by atoms with van der Waals surface area (Å²) in [7, 11) is 0. The van der Waals surface area contributed by atoms with Gasteiger partial charge < -0.3 is 16.0 Å². The molecule has 0 spiro atoms. The molecular weight excluding hydrogens is 252 g/mol. The van der Waals surface area contributed by atoms with Crippen LogP contribution in [-0.2, 0) is 0 Å². The Labute approximate surface area is 110 Å². The van der Waals surface area contributed by atoms with Crippen LogP contribution < -0.4 is 11.1 Å². The number of nitrogens with zero attached hydrogens (tertiary/aromatic N) is 1. The largest absolute Gasteiger partial charge is 0.330 e. The van der Waals surface area contributed by atoms with Crippen LogP contribution in [0.5, 0.6) is 0 Å². The van der Waals surface area contributed by atoms with Crippen molar-refractivity contribution in [3.8, 4) is 0 Å². The Morgan fingerprint density at radius 1 is 1.53 bits per heavy atom. The molecule has 1 aromatic carbocycles. The molecule has 0 aliphatic carbocycles. The highest BCUT2D eigenvalue weighted by molar-refractivity contribution is 5.77. The number of benzene rings is 1. The lowest BCUT2D eigenvalue weighted by atomic mass is 10.1. The van der Waals surface area contributed by atoms with Gasteiger partial charge in [-0.15, -0.1) is 0 Å². The highest BCUT2D eigenvalue weighted by Gasteiger charge is 2.33. The molecule has 2 rings (SSSR count). The van der Waals surface area contributed by atoms with Crippen LogP contribution in [0, 0.1) is 11.6 Å². The number of nitrogens with one attached hydrogen (secondary N) is 1. The zero-order valence-corrected chi connectivity index (χ0v) is 10.7. The Morgan fingerprint density at radius 3 is 2.89 bits per heavy atom. The second-order valence-electron chi connectivity index (χ2n) is 4.75. The fourth-order valence-corrected chi connectivity index (χ4v) is 2.29. The van der Waals surface area contributed by atoms with E-state index in [2.05, 4.69) is 5.32 Å². The first-order valence-electron chi connectivity index (χ1n) is 6.25. The number of carbonyl (C=O) groups excluding carboxylic acids is 1. The predicted octanol–water partition coefficient (Wildman–Crippen LogP) is 1.77. The molecule has 19 heavy (non-hydrogen) atoms. The van der Waals surface area contributed by atoms with E-state index < -0.39 is 17.7 Å². The molecule has 1 aliphatic heterocycles. The number of nitrogens with two attached hydrogens (primary N) is 1. The fraction of sp³-hybridized carbons (Fsp3) is 0.462.